The molecule has 3 aromatic carbocycles. The van der Waals surface area contributed by atoms with Crippen molar-refractivity contribution in [2.24, 2.45) is 0 Å². The number of rotatable bonds is 4. The molecule has 0 aliphatic heterocycles. The number of hydrogen-bond acceptors (Lipinski definition) is 4. The molecule has 1 atom stereocenters. The normalized spacial score (nSPS) is 12.5. The van der Waals surface area contributed by atoms with E-state index in [2.05, 4.69) is 10.9 Å². The summed E-state index contributed by atoms with van der Waals surface area (Å²) in [7, 11) is 0. The lowest BCUT2D eigenvalue weighted by atomic mass is 10.0. The molecule has 0 spiro atoms. The van der Waals surface area contributed by atoms with Crippen LogP contribution in [0.15, 0.2) is 60.7 Å². The second kappa shape index (κ2) is 8.07. The van der Waals surface area contributed by atoms with Crippen molar-refractivity contribution >= 4 is 17.6 Å². The molecule has 1 aliphatic carbocycles. The second-order valence-corrected chi connectivity index (χ2v) is 7.54. The topological polar surface area (TPSA) is 84.5 Å². The number of aryl methyl sites for hydroxylation is 1. The molecule has 0 bridgehead atoms. The summed E-state index contributed by atoms with van der Waals surface area (Å²) in [5.41, 5.74) is 9.84. The summed E-state index contributed by atoms with van der Waals surface area (Å²) < 4.78 is 5.73. The molecule has 0 radical (unpaired) electrons. The van der Waals surface area contributed by atoms with Crippen molar-refractivity contribution in [3.05, 3.63) is 88.5 Å². The van der Waals surface area contributed by atoms with Crippen molar-refractivity contribution < 1.29 is 19.1 Å². The van der Waals surface area contributed by atoms with Crippen LogP contribution in [0.2, 0.25) is 0 Å². The van der Waals surface area contributed by atoms with E-state index in [1.54, 1.807) is 37.3 Å². The molecule has 2 N–H and O–H groups in total. The van der Waals surface area contributed by atoms with E-state index in [9.17, 15) is 14.4 Å². The van der Waals surface area contributed by atoms with Gasteiger partial charge in [0, 0.05) is 16.7 Å². The van der Waals surface area contributed by atoms with Crippen LogP contribution in [0.5, 0.6) is 5.75 Å². The minimum Gasteiger partial charge on any atom is -0.481 e. The number of nitrogens with one attached hydrogen (secondary N) is 2. The molecule has 1 aliphatic rings. The van der Waals surface area contributed by atoms with Crippen LogP contribution in [-0.4, -0.2) is 23.7 Å². The van der Waals surface area contributed by atoms with Crippen molar-refractivity contribution in [3.8, 4) is 16.9 Å². The zero-order valence-electron chi connectivity index (χ0n) is 17.5. The molecule has 2 amide bonds. The van der Waals surface area contributed by atoms with Gasteiger partial charge in [0.1, 0.15) is 5.75 Å². The van der Waals surface area contributed by atoms with E-state index in [1.165, 1.54) is 0 Å². The standard InChI is InChI=1S/C25H22N2O4/c1-14-7-6-10-22(15(14)2)31-16(3)24(29)26-27-25(30)17-11-12-19-18-8-4-5-9-20(18)23(28)21(19)13-17/h4-13,16H,1-3H3,(H,26,29)(H,27,30). The molecule has 0 aromatic heterocycles. The lowest BCUT2D eigenvalue weighted by Crippen LogP contribution is -2.47. The maximum atomic E-state index is 12.6. The van der Waals surface area contributed by atoms with Crippen LogP contribution < -0.4 is 15.6 Å². The molecule has 31 heavy (non-hydrogen) atoms. The van der Waals surface area contributed by atoms with E-state index < -0.39 is 17.9 Å². The Morgan fingerprint density at radius 2 is 1.55 bits per heavy atom. The largest absolute Gasteiger partial charge is 0.481 e. The predicted molar refractivity (Wildman–Crippen MR) is 117 cm³/mol. The molecule has 4 rings (SSSR count). The smallest absolute Gasteiger partial charge is 0.279 e. The van der Waals surface area contributed by atoms with Gasteiger partial charge in [-0.2, -0.15) is 0 Å². The first-order valence-electron chi connectivity index (χ1n) is 9.98. The number of hydrazine groups is 1. The van der Waals surface area contributed by atoms with E-state index in [0.29, 0.717) is 16.9 Å². The Morgan fingerprint density at radius 3 is 2.32 bits per heavy atom. The van der Waals surface area contributed by atoms with Crippen molar-refractivity contribution in [2.45, 2.75) is 26.9 Å². The number of fused-ring (bicyclic) bond motifs is 3. The number of amides is 2. The van der Waals surface area contributed by atoms with Gasteiger partial charge in [-0.3, -0.25) is 25.2 Å². The van der Waals surface area contributed by atoms with Gasteiger partial charge in [-0.25, -0.2) is 0 Å². The third-order valence-electron chi connectivity index (χ3n) is 5.52. The second-order valence-electron chi connectivity index (χ2n) is 7.54. The summed E-state index contributed by atoms with van der Waals surface area (Å²) >= 11 is 0. The summed E-state index contributed by atoms with van der Waals surface area (Å²) in [4.78, 5) is 37.5. The van der Waals surface area contributed by atoms with Gasteiger partial charge in [-0.05, 0) is 61.2 Å². The quantitative estimate of drug-likeness (QED) is 0.498. The van der Waals surface area contributed by atoms with Crippen LogP contribution in [0.4, 0.5) is 0 Å². The average molecular weight is 414 g/mol. The number of hydrogen-bond donors (Lipinski definition) is 2. The lowest BCUT2D eigenvalue weighted by Gasteiger charge is -2.17. The number of carbonyl (C=O) groups is 3. The Morgan fingerprint density at radius 1 is 0.839 bits per heavy atom. The van der Waals surface area contributed by atoms with Gasteiger partial charge >= 0.3 is 0 Å². The van der Waals surface area contributed by atoms with Crippen molar-refractivity contribution in [1.29, 1.82) is 0 Å². The SMILES string of the molecule is Cc1cccc(OC(C)C(=O)NNC(=O)c2ccc3c(c2)C(=O)c2ccccc2-3)c1C. The Labute approximate surface area is 180 Å². The highest BCUT2D eigenvalue weighted by atomic mass is 16.5. The third-order valence-corrected chi connectivity index (χ3v) is 5.52. The fourth-order valence-electron chi connectivity index (χ4n) is 3.56. The van der Waals surface area contributed by atoms with Crippen molar-refractivity contribution in [2.75, 3.05) is 0 Å². The summed E-state index contributed by atoms with van der Waals surface area (Å²) in [5, 5.41) is 0. The van der Waals surface area contributed by atoms with Crippen LogP contribution in [0.25, 0.3) is 11.1 Å². The van der Waals surface area contributed by atoms with E-state index >= 15 is 0 Å². The van der Waals surface area contributed by atoms with Crippen LogP contribution >= 0.6 is 0 Å². The summed E-state index contributed by atoms with van der Waals surface area (Å²) in [6.07, 6.45) is -0.808. The molecule has 0 heterocycles. The summed E-state index contributed by atoms with van der Waals surface area (Å²) in [6.45, 7) is 5.49. The molecule has 0 saturated carbocycles. The molecule has 0 saturated heterocycles. The first-order valence-corrected chi connectivity index (χ1v) is 9.98. The predicted octanol–water partition coefficient (Wildman–Crippen LogP) is 3.74. The molecule has 1 unspecified atom stereocenters. The molecular weight excluding hydrogens is 392 g/mol. The Kier molecular flexibility index (Phi) is 5.29. The van der Waals surface area contributed by atoms with Gasteiger partial charge in [-0.1, -0.05) is 42.5 Å². The zero-order chi connectivity index (χ0) is 22.1. The van der Waals surface area contributed by atoms with Crippen molar-refractivity contribution in [3.63, 3.8) is 0 Å². The van der Waals surface area contributed by atoms with Gasteiger partial charge < -0.3 is 4.74 Å². The van der Waals surface area contributed by atoms with Crippen molar-refractivity contribution in [1.82, 2.24) is 10.9 Å². The number of benzene rings is 3. The van der Waals surface area contributed by atoms with E-state index in [4.69, 9.17) is 4.74 Å². The van der Waals surface area contributed by atoms with Gasteiger partial charge in [0.25, 0.3) is 11.8 Å². The number of carbonyl (C=O) groups excluding carboxylic acids is 3. The van der Waals surface area contributed by atoms with Gasteiger partial charge in [0.05, 0.1) is 0 Å². The maximum absolute atomic E-state index is 12.6. The van der Waals surface area contributed by atoms with E-state index in [1.807, 2.05) is 44.2 Å². The highest BCUT2D eigenvalue weighted by Crippen LogP contribution is 2.36. The van der Waals surface area contributed by atoms with Gasteiger partial charge in [-0.15, -0.1) is 0 Å². The fourth-order valence-corrected chi connectivity index (χ4v) is 3.56. The average Bonchev–Trinajstić information content (AvgIpc) is 3.06. The third kappa shape index (κ3) is 3.80. The summed E-state index contributed by atoms with van der Waals surface area (Å²) in [6, 6.07) is 17.9. The number of ketones is 1. The first-order chi connectivity index (χ1) is 14.9. The van der Waals surface area contributed by atoms with Crippen LogP contribution in [0.3, 0.4) is 0 Å². The van der Waals surface area contributed by atoms with Crippen LogP contribution in [0.1, 0.15) is 44.3 Å². The van der Waals surface area contributed by atoms with E-state index in [0.717, 1.165) is 22.3 Å². The fraction of sp³-hybridized carbons (Fsp3) is 0.160. The van der Waals surface area contributed by atoms with Gasteiger partial charge in [0.15, 0.2) is 11.9 Å². The molecule has 0 fully saturated rings. The highest BCUT2D eigenvalue weighted by Gasteiger charge is 2.27. The zero-order valence-corrected chi connectivity index (χ0v) is 17.5. The molecule has 156 valence electrons. The first kappa shape index (κ1) is 20.3. The monoisotopic (exact) mass is 414 g/mol. The Hall–Kier alpha value is -3.93. The minimum absolute atomic E-state index is 0.111. The van der Waals surface area contributed by atoms with Crippen LogP contribution in [-0.2, 0) is 4.79 Å². The molecule has 3 aromatic rings. The number of ether oxygens (including phenoxy) is 1. The molecule has 6 nitrogen and oxygen atoms in total. The van der Waals surface area contributed by atoms with Crippen LogP contribution in [0, 0.1) is 13.8 Å². The van der Waals surface area contributed by atoms with E-state index in [-0.39, 0.29) is 11.3 Å². The maximum Gasteiger partial charge on any atom is 0.279 e. The lowest BCUT2D eigenvalue weighted by molar-refractivity contribution is -0.128. The van der Waals surface area contributed by atoms with Gasteiger partial charge in [0.2, 0.25) is 0 Å². The Bertz CT molecular complexity index is 1220. The minimum atomic E-state index is -0.808. The molecular formula is C25H22N2O4. The summed E-state index contributed by atoms with van der Waals surface area (Å²) in [5.74, 6) is -0.497. The highest BCUT2D eigenvalue weighted by molar-refractivity contribution is 6.22. The molecule has 6 heteroatoms. The Balaban J connectivity index is 1.41.